The third-order valence-electron chi connectivity index (χ3n) is 5.49. The summed E-state index contributed by atoms with van der Waals surface area (Å²) in [5, 5.41) is 12.3. The summed E-state index contributed by atoms with van der Waals surface area (Å²) < 4.78 is 6.50. The summed E-state index contributed by atoms with van der Waals surface area (Å²) in [6.45, 7) is -0.467. The molecule has 6 nitrogen and oxygen atoms in total. The average molecular weight is 525 g/mol. The van der Waals surface area contributed by atoms with Crippen molar-refractivity contribution in [2.75, 3.05) is 6.61 Å². The van der Waals surface area contributed by atoms with Crippen LogP contribution in [-0.2, 0) is 14.4 Å². The SMILES string of the molecule is O=C(O)COc1c(Br)cc(C2C3=C(CCCC3=O)NC3=C2C(=O)CCC3)cc1Br. The molecule has 0 unspecified atom stereocenters. The van der Waals surface area contributed by atoms with Crippen LogP contribution in [0.3, 0.4) is 0 Å². The lowest BCUT2D eigenvalue weighted by molar-refractivity contribution is -0.139. The molecule has 4 rings (SSSR count). The van der Waals surface area contributed by atoms with E-state index in [0.717, 1.165) is 42.6 Å². The van der Waals surface area contributed by atoms with Crippen molar-refractivity contribution in [3.8, 4) is 5.75 Å². The molecule has 0 aromatic heterocycles. The molecule has 0 fully saturated rings. The lowest BCUT2D eigenvalue weighted by Crippen LogP contribution is -2.36. The molecule has 1 aromatic rings. The van der Waals surface area contributed by atoms with Crippen molar-refractivity contribution < 1.29 is 24.2 Å². The monoisotopic (exact) mass is 523 g/mol. The first-order chi connectivity index (χ1) is 13.9. The van der Waals surface area contributed by atoms with E-state index in [4.69, 9.17) is 9.84 Å². The van der Waals surface area contributed by atoms with Gasteiger partial charge in [-0.1, -0.05) is 0 Å². The Kier molecular flexibility index (Phi) is 5.66. The Balaban J connectivity index is 1.83. The molecule has 8 heteroatoms. The normalized spacial score (nSPS) is 19.7. The number of Topliss-reactive ketones (excluding diaryl/α,β-unsaturated/α-hetero) is 2. The second-order valence-electron chi connectivity index (χ2n) is 7.39. The molecule has 1 aromatic carbocycles. The first-order valence-electron chi connectivity index (χ1n) is 9.50. The fourth-order valence-electron chi connectivity index (χ4n) is 4.33. The van der Waals surface area contributed by atoms with Crippen molar-refractivity contribution in [1.29, 1.82) is 0 Å². The summed E-state index contributed by atoms with van der Waals surface area (Å²) in [5.74, 6) is -0.961. The number of dihydropyridines is 1. The summed E-state index contributed by atoms with van der Waals surface area (Å²) in [4.78, 5) is 36.6. The van der Waals surface area contributed by atoms with E-state index in [9.17, 15) is 14.4 Å². The van der Waals surface area contributed by atoms with Gasteiger partial charge in [-0.2, -0.15) is 0 Å². The Labute approximate surface area is 184 Å². The zero-order valence-corrected chi connectivity index (χ0v) is 18.7. The Hall–Kier alpha value is -1.93. The van der Waals surface area contributed by atoms with Crippen LogP contribution in [0.2, 0.25) is 0 Å². The molecule has 29 heavy (non-hydrogen) atoms. The van der Waals surface area contributed by atoms with Gasteiger partial charge in [0.15, 0.2) is 18.2 Å². The molecular formula is C21H19Br2NO5. The fourth-order valence-corrected chi connectivity index (χ4v) is 5.79. The van der Waals surface area contributed by atoms with Crippen LogP contribution in [-0.4, -0.2) is 29.2 Å². The number of ether oxygens (including phenoxy) is 1. The molecule has 0 spiro atoms. The minimum absolute atomic E-state index is 0.0760. The van der Waals surface area contributed by atoms with Gasteiger partial charge in [0.2, 0.25) is 0 Å². The van der Waals surface area contributed by atoms with Gasteiger partial charge in [0.05, 0.1) is 8.95 Å². The van der Waals surface area contributed by atoms with E-state index in [-0.39, 0.29) is 11.6 Å². The highest BCUT2D eigenvalue weighted by atomic mass is 79.9. The summed E-state index contributed by atoms with van der Waals surface area (Å²) in [7, 11) is 0. The van der Waals surface area contributed by atoms with Gasteiger partial charge in [-0.3, -0.25) is 9.59 Å². The number of benzene rings is 1. The maximum Gasteiger partial charge on any atom is 0.341 e. The number of hydrogen-bond donors (Lipinski definition) is 2. The van der Waals surface area contributed by atoms with Gasteiger partial charge in [-0.05, 0) is 75.2 Å². The molecule has 0 atom stereocenters. The van der Waals surface area contributed by atoms with Crippen LogP contribution >= 0.6 is 31.9 Å². The average Bonchev–Trinajstić information content (AvgIpc) is 2.66. The summed E-state index contributed by atoms with van der Waals surface area (Å²) in [6, 6.07) is 3.63. The Bertz CT molecular complexity index is 930. The van der Waals surface area contributed by atoms with E-state index in [1.165, 1.54) is 0 Å². The van der Waals surface area contributed by atoms with Crippen molar-refractivity contribution in [2.24, 2.45) is 0 Å². The lowest BCUT2D eigenvalue weighted by Gasteiger charge is -2.37. The van der Waals surface area contributed by atoms with Crippen LogP contribution in [0, 0.1) is 0 Å². The third-order valence-corrected chi connectivity index (χ3v) is 6.66. The highest BCUT2D eigenvalue weighted by Gasteiger charge is 2.40. The maximum atomic E-state index is 12.9. The van der Waals surface area contributed by atoms with E-state index < -0.39 is 18.5 Å². The fraction of sp³-hybridized carbons (Fsp3) is 0.381. The smallest absolute Gasteiger partial charge is 0.341 e. The molecule has 0 saturated heterocycles. The van der Waals surface area contributed by atoms with Gasteiger partial charge in [-0.25, -0.2) is 4.79 Å². The summed E-state index contributed by atoms with van der Waals surface area (Å²) in [5.41, 5.74) is 4.03. The molecule has 1 aliphatic heterocycles. The molecular weight excluding hydrogens is 506 g/mol. The Morgan fingerprint density at radius 1 is 1.00 bits per heavy atom. The highest BCUT2D eigenvalue weighted by Crippen LogP contribution is 2.47. The first kappa shape index (κ1) is 20.3. The Morgan fingerprint density at radius 2 is 1.52 bits per heavy atom. The lowest BCUT2D eigenvalue weighted by atomic mass is 9.71. The van der Waals surface area contributed by atoms with Gasteiger partial charge in [-0.15, -0.1) is 0 Å². The highest BCUT2D eigenvalue weighted by molar-refractivity contribution is 9.11. The summed E-state index contributed by atoms with van der Waals surface area (Å²) >= 11 is 6.91. The predicted molar refractivity (Wildman–Crippen MR) is 113 cm³/mol. The van der Waals surface area contributed by atoms with E-state index in [2.05, 4.69) is 37.2 Å². The molecule has 2 aliphatic carbocycles. The largest absolute Gasteiger partial charge is 0.480 e. The van der Waals surface area contributed by atoms with Crippen LogP contribution in [0.4, 0.5) is 0 Å². The molecule has 0 saturated carbocycles. The minimum atomic E-state index is -1.07. The van der Waals surface area contributed by atoms with Crippen molar-refractivity contribution in [3.63, 3.8) is 0 Å². The number of aliphatic carboxylic acids is 1. The van der Waals surface area contributed by atoms with Crippen molar-refractivity contribution in [1.82, 2.24) is 5.32 Å². The van der Waals surface area contributed by atoms with Crippen LogP contribution in [0.5, 0.6) is 5.75 Å². The van der Waals surface area contributed by atoms with Crippen LogP contribution in [0.1, 0.15) is 50.0 Å². The van der Waals surface area contributed by atoms with E-state index in [1.807, 2.05) is 12.1 Å². The van der Waals surface area contributed by atoms with Gasteiger partial charge in [0.1, 0.15) is 5.75 Å². The second kappa shape index (κ2) is 8.07. The second-order valence-corrected chi connectivity index (χ2v) is 9.10. The topological polar surface area (TPSA) is 92.7 Å². The first-order valence-corrected chi connectivity index (χ1v) is 11.1. The zero-order chi connectivity index (χ0) is 20.7. The van der Waals surface area contributed by atoms with Crippen LogP contribution in [0.25, 0.3) is 0 Å². The maximum absolute atomic E-state index is 12.9. The number of hydrogen-bond acceptors (Lipinski definition) is 5. The molecule has 152 valence electrons. The quantitative estimate of drug-likeness (QED) is 0.607. The Morgan fingerprint density at radius 3 is 2.00 bits per heavy atom. The van der Waals surface area contributed by atoms with E-state index in [1.54, 1.807) is 0 Å². The molecule has 2 N–H and O–H groups in total. The standard InChI is InChI=1S/C21H19Br2NO5/c22-11-7-10(8-12(23)21(11)29-9-17(27)28)18-19-13(3-1-5-15(19)25)24-14-4-2-6-16(26)20(14)18/h7-8,18,24H,1-6,9H2,(H,27,28). The van der Waals surface area contributed by atoms with Crippen LogP contribution < -0.4 is 10.1 Å². The van der Waals surface area contributed by atoms with Crippen molar-refractivity contribution >= 4 is 49.4 Å². The van der Waals surface area contributed by atoms with Gasteiger partial charge >= 0.3 is 5.97 Å². The van der Waals surface area contributed by atoms with Gasteiger partial charge in [0, 0.05) is 41.3 Å². The molecule has 0 radical (unpaired) electrons. The number of halogens is 2. The third kappa shape index (κ3) is 3.80. The van der Waals surface area contributed by atoms with Gasteiger partial charge < -0.3 is 15.2 Å². The number of nitrogens with one attached hydrogen (secondary N) is 1. The van der Waals surface area contributed by atoms with Crippen molar-refractivity contribution in [3.05, 3.63) is 49.2 Å². The van der Waals surface area contributed by atoms with E-state index >= 15 is 0 Å². The molecule has 0 amide bonds. The van der Waals surface area contributed by atoms with Crippen LogP contribution in [0.15, 0.2) is 43.6 Å². The molecule has 3 aliphatic rings. The zero-order valence-electron chi connectivity index (χ0n) is 15.5. The number of ketones is 2. The summed E-state index contributed by atoms with van der Waals surface area (Å²) in [6.07, 6.45) is 4.17. The predicted octanol–water partition coefficient (Wildman–Crippen LogP) is 4.38. The number of carbonyl (C=O) groups is 3. The van der Waals surface area contributed by atoms with Gasteiger partial charge in [0.25, 0.3) is 0 Å². The number of carbonyl (C=O) groups excluding carboxylic acids is 2. The number of rotatable bonds is 4. The molecule has 1 heterocycles. The number of carboxylic acids is 1. The number of carboxylic acid groups (broad SMARTS) is 1. The van der Waals surface area contributed by atoms with E-state index in [0.29, 0.717) is 38.7 Å². The van der Waals surface area contributed by atoms with Crippen molar-refractivity contribution in [2.45, 2.75) is 44.4 Å². The minimum Gasteiger partial charge on any atom is -0.480 e. The molecule has 0 bridgehead atoms. The number of allylic oxidation sites excluding steroid dienone is 4.